The Balaban J connectivity index is 1.66. The fraction of sp³-hybridized carbons (Fsp3) is 0.290. The number of para-hydroxylation sites is 1. The summed E-state index contributed by atoms with van der Waals surface area (Å²) in [6.45, 7) is 4.00. The third-order valence-corrected chi connectivity index (χ3v) is 6.75. The molecule has 1 saturated heterocycles. The van der Waals surface area contributed by atoms with Crippen molar-refractivity contribution < 1.29 is 23.8 Å². The molecular weight excluding hydrogens is 494 g/mol. The van der Waals surface area contributed by atoms with E-state index in [1.54, 1.807) is 31.4 Å². The number of hydrogen-bond donors (Lipinski definition) is 1. The second-order valence-corrected chi connectivity index (χ2v) is 9.28. The first-order valence-electron chi connectivity index (χ1n) is 13.0. The van der Waals surface area contributed by atoms with Gasteiger partial charge < -0.3 is 19.1 Å². The first-order chi connectivity index (χ1) is 18.9. The average Bonchev–Trinajstić information content (AvgIpc) is 2.99. The van der Waals surface area contributed by atoms with Crippen LogP contribution in [0.1, 0.15) is 40.7 Å². The van der Waals surface area contributed by atoms with E-state index in [9.17, 15) is 9.59 Å². The Hall–Kier alpha value is -4.46. The maximum atomic E-state index is 13.3. The van der Waals surface area contributed by atoms with Crippen LogP contribution in [0.3, 0.4) is 0 Å². The van der Waals surface area contributed by atoms with E-state index in [1.165, 1.54) is 26.7 Å². The van der Waals surface area contributed by atoms with Gasteiger partial charge in [-0.25, -0.2) is 4.79 Å². The number of methoxy groups -OCH3 is 3. The van der Waals surface area contributed by atoms with Gasteiger partial charge in [0.05, 0.1) is 38.4 Å². The van der Waals surface area contributed by atoms with Crippen LogP contribution in [0.15, 0.2) is 66.7 Å². The number of carbonyl (C=O) groups excluding carboxylic acids is 2. The Morgan fingerprint density at radius 3 is 2.33 bits per heavy atom. The highest BCUT2D eigenvalue weighted by atomic mass is 16.5. The van der Waals surface area contributed by atoms with Crippen molar-refractivity contribution in [2.45, 2.75) is 26.2 Å². The molecule has 1 heterocycles. The number of aryl methyl sites for hydroxylation is 1. The van der Waals surface area contributed by atoms with E-state index in [0.717, 1.165) is 54.3 Å². The van der Waals surface area contributed by atoms with Gasteiger partial charge in [-0.1, -0.05) is 18.2 Å². The Morgan fingerprint density at radius 2 is 1.67 bits per heavy atom. The third-order valence-electron chi connectivity index (χ3n) is 6.75. The zero-order valence-electron chi connectivity index (χ0n) is 22.9. The maximum Gasteiger partial charge on any atom is 0.341 e. The molecule has 0 atom stereocenters. The number of piperidine rings is 1. The molecule has 8 heteroatoms. The van der Waals surface area contributed by atoms with Gasteiger partial charge in [0.1, 0.15) is 17.1 Å². The maximum absolute atomic E-state index is 13.3. The minimum absolute atomic E-state index is 0.310. The summed E-state index contributed by atoms with van der Waals surface area (Å²) in [6, 6.07) is 18.8. The van der Waals surface area contributed by atoms with E-state index in [1.807, 2.05) is 29.3 Å². The molecule has 0 spiro atoms. The summed E-state index contributed by atoms with van der Waals surface area (Å²) in [5.74, 6) is 0.304. The van der Waals surface area contributed by atoms with Gasteiger partial charge in [-0.15, -0.1) is 0 Å². The van der Waals surface area contributed by atoms with Crippen LogP contribution < -0.4 is 24.8 Å². The van der Waals surface area contributed by atoms with Gasteiger partial charge >= 0.3 is 5.97 Å². The lowest BCUT2D eigenvalue weighted by atomic mass is 10.1. The standard InChI is InChI=1S/C31H35N3O5/c1-22-9-8-10-27(33-19-6-5-7-20-33)30(22)34(24-13-15-25(37-2)16-14-24)32-29(35)18-12-23-11-17-26(31(36)39-4)28(21-23)38-3/h8-18,21H,5-7,19-20H2,1-4H3,(H,32,35)/b18-12+. The zero-order valence-corrected chi connectivity index (χ0v) is 22.9. The molecule has 4 rings (SSSR count). The second kappa shape index (κ2) is 12.9. The van der Waals surface area contributed by atoms with Crippen molar-refractivity contribution in [2.24, 2.45) is 0 Å². The number of ether oxygens (including phenoxy) is 3. The molecule has 0 radical (unpaired) electrons. The molecule has 0 aromatic heterocycles. The van der Waals surface area contributed by atoms with Gasteiger partial charge in [0, 0.05) is 19.2 Å². The molecule has 8 nitrogen and oxygen atoms in total. The Kier molecular flexibility index (Phi) is 9.10. The van der Waals surface area contributed by atoms with Crippen molar-refractivity contribution in [3.8, 4) is 11.5 Å². The summed E-state index contributed by atoms with van der Waals surface area (Å²) in [5, 5.41) is 1.84. The van der Waals surface area contributed by atoms with Crippen LogP contribution in [-0.4, -0.2) is 46.3 Å². The summed E-state index contributed by atoms with van der Waals surface area (Å²) < 4.78 is 15.5. The number of rotatable bonds is 9. The van der Waals surface area contributed by atoms with Crippen molar-refractivity contribution in [1.82, 2.24) is 5.43 Å². The summed E-state index contributed by atoms with van der Waals surface area (Å²) in [5.41, 5.74) is 7.95. The topological polar surface area (TPSA) is 80.3 Å². The normalized spacial score (nSPS) is 13.2. The van der Waals surface area contributed by atoms with E-state index in [-0.39, 0.29) is 5.91 Å². The number of esters is 1. The predicted molar refractivity (Wildman–Crippen MR) is 154 cm³/mol. The number of hydrogen-bond acceptors (Lipinski definition) is 7. The monoisotopic (exact) mass is 529 g/mol. The molecule has 1 amide bonds. The van der Waals surface area contributed by atoms with Crippen molar-refractivity contribution >= 4 is 35.0 Å². The van der Waals surface area contributed by atoms with Crippen molar-refractivity contribution in [3.05, 3.63) is 83.4 Å². The van der Waals surface area contributed by atoms with Crippen LogP contribution >= 0.6 is 0 Å². The van der Waals surface area contributed by atoms with Crippen molar-refractivity contribution in [1.29, 1.82) is 0 Å². The molecule has 3 aromatic carbocycles. The fourth-order valence-electron chi connectivity index (χ4n) is 4.71. The molecular formula is C31H35N3O5. The van der Waals surface area contributed by atoms with Gasteiger partial charge in [-0.3, -0.25) is 15.2 Å². The Labute approximate surface area is 229 Å². The largest absolute Gasteiger partial charge is 0.497 e. The SMILES string of the molecule is COC(=O)c1ccc(/C=C/C(=O)NN(c2ccc(OC)cc2)c2c(C)cccc2N2CCCCC2)cc1OC. The summed E-state index contributed by atoms with van der Waals surface area (Å²) in [4.78, 5) is 27.6. The van der Waals surface area contributed by atoms with E-state index in [0.29, 0.717) is 16.9 Å². The van der Waals surface area contributed by atoms with Crippen LogP contribution in [0.25, 0.3) is 6.08 Å². The number of nitrogens with one attached hydrogen (secondary N) is 1. The summed E-state index contributed by atoms with van der Waals surface area (Å²) in [6.07, 6.45) is 6.65. The average molecular weight is 530 g/mol. The van der Waals surface area contributed by atoms with Crippen molar-refractivity contribution in [2.75, 3.05) is 44.3 Å². The van der Waals surface area contributed by atoms with Crippen molar-refractivity contribution in [3.63, 3.8) is 0 Å². The molecule has 1 aliphatic rings. The molecule has 3 aromatic rings. The molecule has 1 fully saturated rings. The Bertz CT molecular complexity index is 1330. The highest BCUT2D eigenvalue weighted by Crippen LogP contribution is 2.38. The molecule has 1 aliphatic heterocycles. The summed E-state index contributed by atoms with van der Waals surface area (Å²) in [7, 11) is 4.43. The molecule has 0 saturated carbocycles. The molecule has 0 bridgehead atoms. The molecule has 204 valence electrons. The number of nitrogens with zero attached hydrogens (tertiary/aromatic N) is 2. The van der Waals surface area contributed by atoms with E-state index < -0.39 is 5.97 Å². The highest BCUT2D eigenvalue weighted by molar-refractivity contribution is 5.96. The van der Waals surface area contributed by atoms with Crippen LogP contribution in [0.5, 0.6) is 11.5 Å². The first kappa shape index (κ1) is 27.6. The smallest absolute Gasteiger partial charge is 0.341 e. The quantitative estimate of drug-likeness (QED) is 0.217. The Morgan fingerprint density at radius 1 is 0.923 bits per heavy atom. The van der Waals surface area contributed by atoms with Crippen LogP contribution in [0.2, 0.25) is 0 Å². The van der Waals surface area contributed by atoms with Gasteiger partial charge in [0.2, 0.25) is 0 Å². The van der Waals surface area contributed by atoms with E-state index >= 15 is 0 Å². The number of amides is 1. The van der Waals surface area contributed by atoms with Crippen LogP contribution in [-0.2, 0) is 9.53 Å². The predicted octanol–water partition coefficient (Wildman–Crippen LogP) is 5.67. The number of benzene rings is 3. The van der Waals surface area contributed by atoms with Gasteiger partial charge in [-0.2, -0.15) is 0 Å². The van der Waals surface area contributed by atoms with Gasteiger partial charge in [0.15, 0.2) is 0 Å². The van der Waals surface area contributed by atoms with Crippen LogP contribution in [0, 0.1) is 6.92 Å². The number of carbonyl (C=O) groups is 2. The lowest BCUT2D eigenvalue weighted by Gasteiger charge is -2.35. The lowest BCUT2D eigenvalue weighted by Crippen LogP contribution is -2.40. The third kappa shape index (κ3) is 6.52. The minimum Gasteiger partial charge on any atom is -0.497 e. The molecule has 39 heavy (non-hydrogen) atoms. The molecule has 1 N–H and O–H groups in total. The molecule has 0 unspecified atom stereocenters. The first-order valence-corrected chi connectivity index (χ1v) is 13.0. The number of hydrazine groups is 1. The van der Waals surface area contributed by atoms with Gasteiger partial charge in [0.25, 0.3) is 5.91 Å². The second-order valence-electron chi connectivity index (χ2n) is 9.28. The number of anilines is 3. The van der Waals surface area contributed by atoms with Gasteiger partial charge in [-0.05, 0) is 85.9 Å². The van der Waals surface area contributed by atoms with Crippen LogP contribution in [0.4, 0.5) is 17.1 Å². The minimum atomic E-state index is -0.488. The van der Waals surface area contributed by atoms with E-state index in [2.05, 4.69) is 35.4 Å². The molecule has 0 aliphatic carbocycles. The zero-order chi connectivity index (χ0) is 27.8. The summed E-state index contributed by atoms with van der Waals surface area (Å²) >= 11 is 0. The highest BCUT2D eigenvalue weighted by Gasteiger charge is 2.22. The lowest BCUT2D eigenvalue weighted by molar-refractivity contribution is -0.116. The fourth-order valence-corrected chi connectivity index (χ4v) is 4.71. The van der Waals surface area contributed by atoms with E-state index in [4.69, 9.17) is 14.2 Å².